The number of barbiturate groups is 1. The average molecular weight is 682 g/mol. The molecule has 0 saturated carbocycles. The van der Waals surface area contributed by atoms with Crippen molar-refractivity contribution in [3.05, 3.63) is 135 Å². The Hall–Kier alpha value is -5.31. The molecule has 6 rings (SSSR count). The molecule has 8 nitrogen and oxygen atoms in total. The van der Waals surface area contributed by atoms with Crippen LogP contribution in [0.2, 0.25) is 10.0 Å². The molecule has 48 heavy (non-hydrogen) atoms. The molecule has 1 saturated heterocycles. The van der Waals surface area contributed by atoms with Crippen LogP contribution in [0.15, 0.2) is 103 Å². The van der Waals surface area contributed by atoms with Gasteiger partial charge in [-0.2, -0.15) is 0 Å². The first-order chi connectivity index (χ1) is 23.2. The standard InChI is InChI=1S/C38H30Cl2N2O6/c1-3-46-35-19-24(9-17-34(35)48-22-32-23(2)8-10-25-6-4-5-7-30(25)32)18-31-36(43)41-38(45)42(37(31)44)28-13-15-29(16-14-28)47-21-26-11-12-27(39)20-33(26)40/h4-20H,3,21-22H2,1-2H3,(H,41,43,45)/b31-18+. The van der Waals surface area contributed by atoms with Crippen molar-refractivity contribution in [3.63, 3.8) is 0 Å². The first-order valence-corrected chi connectivity index (χ1v) is 15.9. The van der Waals surface area contributed by atoms with Crippen LogP contribution in [0.4, 0.5) is 10.5 Å². The number of hydrogen-bond acceptors (Lipinski definition) is 6. The van der Waals surface area contributed by atoms with E-state index in [1.165, 1.54) is 6.08 Å². The number of aryl methyl sites for hydroxylation is 1. The summed E-state index contributed by atoms with van der Waals surface area (Å²) in [7, 11) is 0. The summed E-state index contributed by atoms with van der Waals surface area (Å²) in [5.74, 6) is -0.108. The van der Waals surface area contributed by atoms with Crippen LogP contribution in [-0.2, 0) is 22.8 Å². The van der Waals surface area contributed by atoms with Crippen LogP contribution in [0.3, 0.4) is 0 Å². The number of carbonyl (C=O) groups excluding carboxylic acids is 3. The van der Waals surface area contributed by atoms with Crippen molar-refractivity contribution in [2.45, 2.75) is 27.1 Å². The zero-order valence-corrected chi connectivity index (χ0v) is 27.6. The summed E-state index contributed by atoms with van der Waals surface area (Å²) in [6, 6.07) is 28.1. The van der Waals surface area contributed by atoms with Gasteiger partial charge in [-0.05, 0) is 90.4 Å². The zero-order valence-electron chi connectivity index (χ0n) is 26.1. The van der Waals surface area contributed by atoms with Crippen LogP contribution in [0.25, 0.3) is 16.8 Å². The highest BCUT2D eigenvalue weighted by atomic mass is 35.5. The molecule has 5 aromatic rings. The van der Waals surface area contributed by atoms with E-state index in [0.717, 1.165) is 32.4 Å². The van der Waals surface area contributed by atoms with E-state index in [1.807, 2.05) is 26.0 Å². The Kier molecular flexibility index (Phi) is 9.66. The van der Waals surface area contributed by atoms with E-state index in [0.29, 0.717) is 46.1 Å². The number of rotatable bonds is 10. The van der Waals surface area contributed by atoms with Crippen molar-refractivity contribution in [1.29, 1.82) is 0 Å². The number of amides is 4. The zero-order chi connectivity index (χ0) is 33.8. The monoisotopic (exact) mass is 680 g/mol. The predicted octanol–water partition coefficient (Wildman–Crippen LogP) is 8.68. The number of imide groups is 2. The molecule has 1 aliphatic rings. The van der Waals surface area contributed by atoms with Gasteiger partial charge in [0.2, 0.25) is 0 Å². The maximum atomic E-state index is 13.6. The number of halogens is 2. The SMILES string of the molecule is CCOc1cc(/C=C2\C(=O)NC(=O)N(c3ccc(OCc4ccc(Cl)cc4Cl)cc3)C2=O)ccc1OCc1c(C)ccc2ccccc12. The second-order valence-corrected chi connectivity index (χ2v) is 11.8. The number of nitrogens with zero attached hydrogens (tertiary/aromatic N) is 1. The largest absolute Gasteiger partial charge is 0.490 e. The van der Waals surface area contributed by atoms with Gasteiger partial charge in [-0.1, -0.05) is 71.7 Å². The lowest BCUT2D eigenvalue weighted by atomic mass is 10.0. The van der Waals surface area contributed by atoms with Crippen LogP contribution in [0.1, 0.15) is 29.2 Å². The molecule has 1 heterocycles. The van der Waals surface area contributed by atoms with Crippen molar-refractivity contribution in [3.8, 4) is 17.2 Å². The van der Waals surface area contributed by atoms with Gasteiger partial charge in [0.15, 0.2) is 11.5 Å². The quantitative estimate of drug-likeness (QED) is 0.117. The van der Waals surface area contributed by atoms with Crippen molar-refractivity contribution < 1.29 is 28.6 Å². The highest BCUT2D eigenvalue weighted by molar-refractivity contribution is 6.39. The summed E-state index contributed by atoms with van der Waals surface area (Å²) < 4.78 is 17.9. The van der Waals surface area contributed by atoms with Crippen LogP contribution in [0.5, 0.6) is 17.2 Å². The molecule has 1 aliphatic heterocycles. The molecule has 1 fully saturated rings. The molecule has 5 aromatic carbocycles. The molecule has 0 spiro atoms. The second kappa shape index (κ2) is 14.2. The molecule has 0 radical (unpaired) electrons. The van der Waals surface area contributed by atoms with E-state index in [2.05, 4.69) is 29.6 Å². The molecule has 0 aromatic heterocycles. The van der Waals surface area contributed by atoms with Gasteiger partial charge in [0.05, 0.1) is 12.3 Å². The second-order valence-electron chi connectivity index (χ2n) is 11.0. The van der Waals surface area contributed by atoms with Crippen LogP contribution < -0.4 is 24.4 Å². The Labute approximate surface area is 287 Å². The van der Waals surface area contributed by atoms with Crippen molar-refractivity contribution >= 4 is 63.6 Å². The summed E-state index contributed by atoms with van der Waals surface area (Å²) in [6.07, 6.45) is 1.42. The number of nitrogens with one attached hydrogen (secondary N) is 1. The first kappa shape index (κ1) is 32.6. The highest BCUT2D eigenvalue weighted by Crippen LogP contribution is 2.33. The summed E-state index contributed by atoms with van der Waals surface area (Å²) in [5, 5.41) is 5.49. The smallest absolute Gasteiger partial charge is 0.335 e. The van der Waals surface area contributed by atoms with Crippen molar-refractivity contribution in [1.82, 2.24) is 5.32 Å². The van der Waals surface area contributed by atoms with Gasteiger partial charge in [-0.25, -0.2) is 9.69 Å². The third-order valence-electron chi connectivity index (χ3n) is 7.83. The lowest BCUT2D eigenvalue weighted by Gasteiger charge is -2.26. The Morgan fingerprint density at radius 3 is 2.35 bits per heavy atom. The van der Waals surface area contributed by atoms with Crippen molar-refractivity contribution in [2.24, 2.45) is 0 Å². The van der Waals surface area contributed by atoms with Crippen LogP contribution >= 0.6 is 23.2 Å². The molecule has 0 bridgehead atoms. The van der Waals surface area contributed by atoms with Crippen LogP contribution in [0, 0.1) is 6.92 Å². The van der Waals surface area contributed by atoms with E-state index >= 15 is 0 Å². The summed E-state index contributed by atoms with van der Waals surface area (Å²) in [4.78, 5) is 40.1. The number of carbonyl (C=O) groups is 3. The Morgan fingerprint density at radius 1 is 0.792 bits per heavy atom. The van der Waals surface area contributed by atoms with Gasteiger partial charge in [0.25, 0.3) is 11.8 Å². The van der Waals surface area contributed by atoms with Crippen molar-refractivity contribution in [2.75, 3.05) is 11.5 Å². The topological polar surface area (TPSA) is 94.2 Å². The summed E-state index contributed by atoms with van der Waals surface area (Å²) >= 11 is 12.2. The fraction of sp³-hybridized carbons (Fsp3) is 0.132. The Bertz CT molecular complexity index is 2080. The maximum absolute atomic E-state index is 13.6. The third-order valence-corrected chi connectivity index (χ3v) is 8.42. The van der Waals surface area contributed by atoms with E-state index in [1.54, 1.807) is 60.7 Å². The molecule has 242 valence electrons. The molecule has 0 unspecified atom stereocenters. The Balaban J connectivity index is 1.20. The number of fused-ring (bicyclic) bond motifs is 1. The lowest BCUT2D eigenvalue weighted by molar-refractivity contribution is -0.122. The number of benzene rings is 5. The predicted molar refractivity (Wildman–Crippen MR) is 187 cm³/mol. The van der Waals surface area contributed by atoms with Gasteiger partial charge in [-0.15, -0.1) is 0 Å². The summed E-state index contributed by atoms with van der Waals surface area (Å²) in [5.41, 5.74) is 3.49. The van der Waals surface area contributed by atoms with E-state index < -0.39 is 17.8 Å². The minimum atomic E-state index is -0.855. The lowest BCUT2D eigenvalue weighted by Crippen LogP contribution is -2.54. The van der Waals surface area contributed by atoms with Gasteiger partial charge in [0.1, 0.15) is 24.5 Å². The highest BCUT2D eigenvalue weighted by Gasteiger charge is 2.37. The van der Waals surface area contributed by atoms with E-state index in [4.69, 9.17) is 37.4 Å². The molecule has 0 atom stereocenters. The maximum Gasteiger partial charge on any atom is 0.335 e. The molecule has 0 aliphatic carbocycles. The average Bonchev–Trinajstić information content (AvgIpc) is 3.07. The van der Waals surface area contributed by atoms with E-state index in [-0.39, 0.29) is 17.9 Å². The number of urea groups is 1. The minimum absolute atomic E-state index is 0.191. The first-order valence-electron chi connectivity index (χ1n) is 15.2. The minimum Gasteiger partial charge on any atom is -0.490 e. The number of ether oxygens (including phenoxy) is 3. The molecule has 10 heteroatoms. The third kappa shape index (κ3) is 7.00. The normalized spacial score (nSPS) is 14.0. The molecule has 4 amide bonds. The number of anilines is 1. The molecular weight excluding hydrogens is 651 g/mol. The molecule has 1 N–H and O–H groups in total. The van der Waals surface area contributed by atoms with Crippen LogP contribution in [-0.4, -0.2) is 24.5 Å². The molecular formula is C38H30Cl2N2O6. The van der Waals surface area contributed by atoms with E-state index in [9.17, 15) is 14.4 Å². The summed E-state index contributed by atoms with van der Waals surface area (Å²) in [6.45, 7) is 4.79. The number of hydrogen-bond donors (Lipinski definition) is 1. The van der Waals surface area contributed by atoms with Gasteiger partial charge < -0.3 is 14.2 Å². The fourth-order valence-corrected chi connectivity index (χ4v) is 5.80. The van der Waals surface area contributed by atoms with Gasteiger partial charge in [0, 0.05) is 21.2 Å². The Morgan fingerprint density at radius 2 is 1.58 bits per heavy atom. The van der Waals surface area contributed by atoms with Gasteiger partial charge >= 0.3 is 6.03 Å². The fourth-order valence-electron chi connectivity index (χ4n) is 5.34. The van der Waals surface area contributed by atoms with Gasteiger partial charge in [-0.3, -0.25) is 14.9 Å².